The van der Waals surface area contributed by atoms with Crippen LogP contribution in [0.15, 0.2) is 35.7 Å². The highest BCUT2D eigenvalue weighted by atomic mass is 35.5. The number of halogens is 2. The first-order valence-electron chi connectivity index (χ1n) is 7.16. The number of carbonyl (C=O) groups is 2. The van der Waals surface area contributed by atoms with Gasteiger partial charge in [-0.1, -0.05) is 29.3 Å². The van der Waals surface area contributed by atoms with Crippen LogP contribution in [0.1, 0.15) is 0 Å². The van der Waals surface area contributed by atoms with E-state index in [9.17, 15) is 9.59 Å². The monoisotopic (exact) mass is 399 g/mol. The Hall–Kier alpha value is -1.93. The van der Waals surface area contributed by atoms with Crippen molar-refractivity contribution in [1.29, 1.82) is 0 Å². The quantitative estimate of drug-likeness (QED) is 0.552. The second-order valence-electron chi connectivity index (χ2n) is 4.77. The van der Waals surface area contributed by atoms with E-state index in [1.807, 2.05) is 0 Å². The van der Waals surface area contributed by atoms with Gasteiger partial charge in [0, 0.05) is 36.8 Å². The van der Waals surface area contributed by atoms with Crippen LogP contribution < -0.4 is 10.6 Å². The lowest BCUT2D eigenvalue weighted by atomic mass is 10.2. The molecule has 0 saturated carbocycles. The molecule has 6 nitrogen and oxygen atoms in total. The van der Waals surface area contributed by atoms with Crippen molar-refractivity contribution in [2.45, 2.75) is 0 Å². The van der Waals surface area contributed by atoms with Crippen LogP contribution >= 0.6 is 34.5 Å². The molecule has 0 bridgehead atoms. The number of carbonyl (C=O) groups excluding carboxylic acids is 2. The SMILES string of the molecule is COCCNC(=O)/C=C/C(=O)Nc1csc(-c2ccc(Cl)c(Cl)c2)n1. The predicted molar refractivity (Wildman–Crippen MR) is 100 cm³/mol. The van der Waals surface area contributed by atoms with E-state index in [0.29, 0.717) is 34.0 Å². The molecule has 0 spiro atoms. The number of nitrogens with one attached hydrogen (secondary N) is 2. The third-order valence-corrected chi connectivity index (χ3v) is 4.54. The Labute approximate surface area is 158 Å². The average molecular weight is 400 g/mol. The fraction of sp³-hybridized carbons (Fsp3) is 0.188. The molecule has 1 aromatic heterocycles. The van der Waals surface area contributed by atoms with Crippen molar-refractivity contribution in [1.82, 2.24) is 10.3 Å². The molecule has 0 aliphatic heterocycles. The van der Waals surface area contributed by atoms with E-state index >= 15 is 0 Å². The van der Waals surface area contributed by atoms with Gasteiger partial charge in [-0.05, 0) is 12.1 Å². The van der Waals surface area contributed by atoms with Gasteiger partial charge in [-0.2, -0.15) is 0 Å². The smallest absolute Gasteiger partial charge is 0.249 e. The van der Waals surface area contributed by atoms with Crippen LogP contribution in [0.2, 0.25) is 10.0 Å². The second kappa shape index (κ2) is 9.53. The van der Waals surface area contributed by atoms with E-state index in [2.05, 4.69) is 15.6 Å². The van der Waals surface area contributed by atoms with Crippen LogP contribution in [0.4, 0.5) is 5.82 Å². The van der Waals surface area contributed by atoms with E-state index in [1.165, 1.54) is 18.4 Å². The highest BCUT2D eigenvalue weighted by molar-refractivity contribution is 7.13. The van der Waals surface area contributed by atoms with Gasteiger partial charge >= 0.3 is 0 Å². The van der Waals surface area contributed by atoms with Crippen molar-refractivity contribution in [2.75, 3.05) is 25.6 Å². The van der Waals surface area contributed by atoms with Crippen LogP contribution in [0, 0.1) is 0 Å². The summed E-state index contributed by atoms with van der Waals surface area (Å²) in [6.45, 7) is 0.780. The Kier molecular flexibility index (Phi) is 7.39. The number of hydrogen-bond acceptors (Lipinski definition) is 5. The maximum Gasteiger partial charge on any atom is 0.249 e. The van der Waals surface area contributed by atoms with Gasteiger partial charge in [0.1, 0.15) is 10.8 Å². The molecular formula is C16H15Cl2N3O3S. The fourth-order valence-corrected chi connectivity index (χ4v) is 2.79. The van der Waals surface area contributed by atoms with Gasteiger partial charge in [-0.3, -0.25) is 9.59 Å². The lowest BCUT2D eigenvalue weighted by molar-refractivity contribution is -0.117. The zero-order valence-corrected chi connectivity index (χ0v) is 15.5. The topological polar surface area (TPSA) is 80.3 Å². The summed E-state index contributed by atoms with van der Waals surface area (Å²) in [7, 11) is 1.54. The first-order valence-corrected chi connectivity index (χ1v) is 8.80. The van der Waals surface area contributed by atoms with Crippen molar-refractivity contribution in [3.05, 3.63) is 45.8 Å². The molecule has 2 N–H and O–H groups in total. The minimum atomic E-state index is -0.451. The Morgan fingerprint density at radius 3 is 2.72 bits per heavy atom. The molecule has 9 heteroatoms. The first kappa shape index (κ1) is 19.4. The minimum absolute atomic E-state index is 0.373. The summed E-state index contributed by atoms with van der Waals surface area (Å²) in [6, 6.07) is 5.19. The molecule has 0 radical (unpaired) electrons. The van der Waals surface area contributed by atoms with Crippen LogP contribution in [0.3, 0.4) is 0 Å². The van der Waals surface area contributed by atoms with Crippen LogP contribution in [-0.2, 0) is 14.3 Å². The summed E-state index contributed by atoms with van der Waals surface area (Å²) in [5, 5.41) is 8.44. The van der Waals surface area contributed by atoms with Crippen molar-refractivity contribution in [3.63, 3.8) is 0 Å². The molecule has 0 aliphatic carbocycles. The second-order valence-corrected chi connectivity index (χ2v) is 6.45. The van der Waals surface area contributed by atoms with Crippen LogP contribution in [0.25, 0.3) is 10.6 Å². The summed E-state index contributed by atoms with van der Waals surface area (Å²) in [6.07, 6.45) is 2.29. The summed E-state index contributed by atoms with van der Waals surface area (Å²) < 4.78 is 4.81. The third kappa shape index (κ3) is 6.13. The number of rotatable bonds is 7. The number of nitrogens with zero attached hydrogens (tertiary/aromatic N) is 1. The summed E-state index contributed by atoms with van der Waals surface area (Å²) in [4.78, 5) is 27.6. The van der Waals surface area contributed by atoms with E-state index in [-0.39, 0.29) is 5.91 Å². The zero-order valence-electron chi connectivity index (χ0n) is 13.2. The Morgan fingerprint density at radius 1 is 1.24 bits per heavy atom. The average Bonchev–Trinajstić information content (AvgIpc) is 3.04. The summed E-state index contributed by atoms with van der Waals surface area (Å²) >= 11 is 13.2. The van der Waals surface area contributed by atoms with E-state index in [1.54, 1.807) is 23.6 Å². The van der Waals surface area contributed by atoms with Gasteiger partial charge < -0.3 is 15.4 Å². The summed E-state index contributed by atoms with van der Waals surface area (Å²) in [5.41, 5.74) is 0.799. The molecule has 0 unspecified atom stereocenters. The third-order valence-electron chi connectivity index (χ3n) is 2.91. The number of ether oxygens (including phenoxy) is 1. The number of amides is 2. The van der Waals surface area contributed by atoms with Gasteiger partial charge in [0.2, 0.25) is 11.8 Å². The van der Waals surface area contributed by atoms with E-state index < -0.39 is 5.91 Å². The van der Waals surface area contributed by atoms with Crippen molar-refractivity contribution in [3.8, 4) is 10.6 Å². The molecule has 1 heterocycles. The van der Waals surface area contributed by atoms with E-state index in [4.69, 9.17) is 27.9 Å². The zero-order chi connectivity index (χ0) is 18.2. The number of anilines is 1. The number of thiazole rings is 1. The van der Waals surface area contributed by atoms with Crippen LogP contribution in [0.5, 0.6) is 0 Å². The molecule has 1 aromatic carbocycles. The number of hydrogen-bond donors (Lipinski definition) is 2. The molecule has 25 heavy (non-hydrogen) atoms. The normalized spacial score (nSPS) is 10.8. The molecule has 2 rings (SSSR count). The molecule has 0 fully saturated rings. The van der Waals surface area contributed by atoms with Gasteiger partial charge in [0.15, 0.2) is 0 Å². The van der Waals surface area contributed by atoms with Crippen molar-refractivity contribution in [2.24, 2.45) is 0 Å². The molecular weight excluding hydrogens is 385 g/mol. The maximum atomic E-state index is 11.8. The van der Waals surface area contributed by atoms with Gasteiger partial charge in [0.05, 0.1) is 16.7 Å². The number of methoxy groups -OCH3 is 1. The largest absolute Gasteiger partial charge is 0.383 e. The van der Waals surface area contributed by atoms with Gasteiger partial charge in [-0.15, -0.1) is 11.3 Å². The summed E-state index contributed by atoms with van der Waals surface area (Å²) in [5.74, 6) is -0.435. The lowest BCUT2D eigenvalue weighted by Gasteiger charge is -2.00. The maximum absolute atomic E-state index is 11.8. The predicted octanol–water partition coefficient (Wildman–Crippen LogP) is 3.37. The van der Waals surface area contributed by atoms with Crippen LogP contribution in [-0.4, -0.2) is 37.1 Å². The Bertz CT molecular complexity index is 793. The first-order chi connectivity index (χ1) is 12.0. The lowest BCUT2D eigenvalue weighted by Crippen LogP contribution is -2.25. The van der Waals surface area contributed by atoms with Gasteiger partial charge in [-0.25, -0.2) is 4.98 Å². The Morgan fingerprint density at radius 2 is 2.00 bits per heavy atom. The Balaban J connectivity index is 1.93. The molecule has 2 aromatic rings. The van der Waals surface area contributed by atoms with Gasteiger partial charge in [0.25, 0.3) is 0 Å². The van der Waals surface area contributed by atoms with Crippen molar-refractivity contribution >= 4 is 52.2 Å². The molecule has 2 amide bonds. The highest BCUT2D eigenvalue weighted by Crippen LogP contribution is 2.31. The number of benzene rings is 1. The highest BCUT2D eigenvalue weighted by Gasteiger charge is 2.08. The molecule has 0 saturated heterocycles. The number of aromatic nitrogens is 1. The standard InChI is InChI=1S/C16H15Cl2N3O3S/c1-24-7-6-19-14(22)4-5-15(23)20-13-9-25-16(21-13)10-2-3-11(17)12(18)8-10/h2-5,8-9H,6-7H2,1H3,(H,19,22)(H,20,23)/b5-4+. The molecule has 0 atom stereocenters. The fourth-order valence-electron chi connectivity index (χ4n) is 1.75. The van der Waals surface area contributed by atoms with Crippen molar-refractivity contribution < 1.29 is 14.3 Å². The molecule has 132 valence electrons. The minimum Gasteiger partial charge on any atom is -0.383 e. The molecule has 0 aliphatic rings. The van der Waals surface area contributed by atoms with E-state index in [0.717, 1.165) is 17.7 Å².